The van der Waals surface area contributed by atoms with Crippen LogP contribution in [0, 0.1) is 37.4 Å². The Morgan fingerprint density at radius 3 is 2.03 bits per heavy atom. The molecule has 0 atom stereocenters. The van der Waals surface area contributed by atoms with E-state index >= 15 is 4.39 Å². The molecule has 0 aliphatic heterocycles. The number of aromatic nitrogens is 1. The van der Waals surface area contributed by atoms with Crippen LogP contribution in [-0.4, -0.2) is 6.18 Å². The molecule has 0 fully saturated rings. The number of pyridine rings is 1. The zero-order valence-corrected chi connectivity index (χ0v) is 21.8. The first-order chi connectivity index (χ1) is 15.4. The van der Waals surface area contributed by atoms with Crippen LogP contribution in [0.5, 0.6) is 0 Å². The summed E-state index contributed by atoms with van der Waals surface area (Å²) in [7, 11) is 1.91. The maximum absolute atomic E-state index is 15.8. The fraction of sp³-hybridized carbons (Fsp3) is 0.483. The Balaban J connectivity index is 2.35. The Hall–Kier alpha value is -2.43. The number of hydrogen-bond donors (Lipinski definition) is 0. The highest BCUT2D eigenvalue weighted by Crippen LogP contribution is 2.42. The first-order valence-electron chi connectivity index (χ1n) is 11.7. The molecule has 0 amide bonds. The maximum atomic E-state index is 15.8. The van der Waals surface area contributed by atoms with Crippen molar-refractivity contribution in [2.24, 2.45) is 17.9 Å². The van der Waals surface area contributed by atoms with E-state index in [4.69, 9.17) is 0 Å². The molecule has 1 nitrogen and oxygen atoms in total. The molecule has 5 heteroatoms. The minimum atomic E-state index is -4.43. The average molecular weight is 475 g/mol. The zero-order valence-electron chi connectivity index (χ0n) is 21.8. The molecule has 184 valence electrons. The number of benzene rings is 2. The van der Waals surface area contributed by atoms with E-state index in [1.165, 1.54) is 5.56 Å². The smallest absolute Gasteiger partial charge is 0.206 e. The lowest BCUT2D eigenvalue weighted by atomic mass is 9.81. The Morgan fingerprint density at radius 1 is 0.853 bits per heavy atom. The molecule has 0 aliphatic rings. The number of rotatable bonds is 4. The van der Waals surface area contributed by atoms with Crippen molar-refractivity contribution in [3.63, 3.8) is 0 Å². The first kappa shape index (κ1) is 26.2. The second-order valence-electron chi connectivity index (χ2n) is 11.6. The van der Waals surface area contributed by atoms with Crippen molar-refractivity contribution in [3.05, 3.63) is 64.0 Å². The quantitative estimate of drug-likeness (QED) is 0.266. The predicted octanol–water partition coefficient (Wildman–Crippen LogP) is 8.12. The van der Waals surface area contributed by atoms with Crippen molar-refractivity contribution in [2.75, 3.05) is 0 Å². The third kappa shape index (κ3) is 4.99. The lowest BCUT2D eigenvalue weighted by molar-refractivity contribution is -0.633. The molecule has 0 N–H and O–H groups in total. The van der Waals surface area contributed by atoms with Gasteiger partial charge in [-0.1, -0.05) is 46.2 Å². The molecule has 0 radical (unpaired) electrons. The summed E-state index contributed by atoms with van der Waals surface area (Å²) in [6, 6.07) is 9.79. The lowest BCUT2D eigenvalue weighted by Crippen LogP contribution is -2.35. The van der Waals surface area contributed by atoms with Gasteiger partial charge in [0.25, 0.3) is 0 Å². The summed E-state index contributed by atoms with van der Waals surface area (Å²) < 4.78 is 58.9. The molecule has 3 rings (SSSR count). The number of aryl methyl sites for hydroxylation is 3. The third-order valence-corrected chi connectivity index (χ3v) is 6.78. The van der Waals surface area contributed by atoms with Crippen LogP contribution in [0.4, 0.5) is 17.6 Å². The summed E-state index contributed by atoms with van der Waals surface area (Å²) >= 11 is 0. The van der Waals surface area contributed by atoms with Crippen LogP contribution >= 0.6 is 0 Å². The van der Waals surface area contributed by atoms with Gasteiger partial charge in [0.05, 0.1) is 10.8 Å². The van der Waals surface area contributed by atoms with Gasteiger partial charge in [-0.15, -0.1) is 0 Å². The molecule has 0 unspecified atom stereocenters. The number of fused-ring (bicyclic) bond motifs is 1. The van der Waals surface area contributed by atoms with Gasteiger partial charge in [0, 0.05) is 23.3 Å². The Kier molecular flexibility index (Phi) is 6.67. The number of alkyl halides is 3. The van der Waals surface area contributed by atoms with Crippen molar-refractivity contribution < 1.29 is 22.1 Å². The number of halogens is 4. The highest BCUT2D eigenvalue weighted by atomic mass is 19.4. The molecule has 0 bridgehead atoms. The van der Waals surface area contributed by atoms with Crippen LogP contribution in [0.15, 0.2) is 30.3 Å². The van der Waals surface area contributed by atoms with Gasteiger partial charge in [-0.05, 0) is 67.9 Å². The van der Waals surface area contributed by atoms with Crippen LogP contribution in [0.25, 0.3) is 22.2 Å². The van der Waals surface area contributed by atoms with Crippen molar-refractivity contribution in [1.82, 2.24) is 0 Å². The fourth-order valence-corrected chi connectivity index (χ4v) is 4.62. The van der Waals surface area contributed by atoms with Crippen molar-refractivity contribution in [1.29, 1.82) is 0 Å². The van der Waals surface area contributed by atoms with E-state index in [1.54, 1.807) is 6.07 Å². The zero-order chi connectivity index (χ0) is 25.8. The fourth-order valence-electron chi connectivity index (χ4n) is 4.62. The van der Waals surface area contributed by atoms with Gasteiger partial charge in [-0.3, -0.25) is 0 Å². The predicted molar refractivity (Wildman–Crippen MR) is 131 cm³/mol. The van der Waals surface area contributed by atoms with Gasteiger partial charge in [0.1, 0.15) is 12.9 Å². The van der Waals surface area contributed by atoms with E-state index < -0.39 is 23.8 Å². The molecule has 3 aromatic rings. The van der Waals surface area contributed by atoms with Crippen LogP contribution in [-0.2, 0) is 19.9 Å². The lowest BCUT2D eigenvalue weighted by Gasteiger charge is -2.28. The topological polar surface area (TPSA) is 3.88 Å². The van der Waals surface area contributed by atoms with E-state index in [2.05, 4.69) is 26.0 Å². The first-order valence-corrected chi connectivity index (χ1v) is 11.7. The standard InChI is InChI=1S/C29H36F4N/c1-17-12-18(2)19(3)22(13-17)24-11-10-21-23(16-27(4,5)6)26(30)20(14-25(21)34(24)9)15-28(7,8)29(31,32)33/h10-14H,15-16H2,1-9H3/q+1. The van der Waals surface area contributed by atoms with Gasteiger partial charge in [0.2, 0.25) is 11.2 Å². The normalized spacial score (nSPS) is 13.1. The van der Waals surface area contributed by atoms with E-state index in [9.17, 15) is 13.2 Å². The molecule has 1 heterocycles. The summed E-state index contributed by atoms with van der Waals surface area (Å²) in [6.07, 6.45) is -4.42. The largest absolute Gasteiger partial charge is 0.394 e. The van der Waals surface area contributed by atoms with Gasteiger partial charge in [-0.2, -0.15) is 17.7 Å². The molecule has 1 aromatic heterocycles. The van der Waals surface area contributed by atoms with E-state index in [-0.39, 0.29) is 11.0 Å². The number of nitrogens with zero attached hydrogens (tertiary/aromatic N) is 1. The summed E-state index contributed by atoms with van der Waals surface area (Å²) in [5.41, 5.74) is 4.55. The highest BCUT2D eigenvalue weighted by Gasteiger charge is 2.47. The molecular formula is C29H36F4N+. The molecule has 2 aromatic carbocycles. The molecule has 0 saturated heterocycles. The Bertz CT molecular complexity index is 1240. The average Bonchev–Trinajstić information content (AvgIpc) is 2.67. The van der Waals surface area contributed by atoms with Gasteiger partial charge in [-0.25, -0.2) is 4.39 Å². The summed E-state index contributed by atoms with van der Waals surface area (Å²) in [5.74, 6) is -0.518. The Labute approximate surface area is 200 Å². The van der Waals surface area contributed by atoms with Crippen LogP contribution in [0.3, 0.4) is 0 Å². The van der Waals surface area contributed by atoms with Crippen LogP contribution < -0.4 is 4.57 Å². The minimum absolute atomic E-state index is 0.110. The number of hydrogen-bond acceptors (Lipinski definition) is 0. The molecular weight excluding hydrogens is 438 g/mol. The second kappa shape index (κ2) is 8.66. The third-order valence-electron chi connectivity index (χ3n) is 6.78. The van der Waals surface area contributed by atoms with E-state index in [0.29, 0.717) is 12.0 Å². The minimum Gasteiger partial charge on any atom is -0.206 e. The van der Waals surface area contributed by atoms with E-state index in [1.807, 2.05) is 51.4 Å². The molecule has 0 aliphatic carbocycles. The SMILES string of the molecule is Cc1cc(C)c(C)c(-c2ccc3c(CC(C)(C)C)c(F)c(CC(C)(C)C(F)(F)F)cc3[n+]2C)c1. The van der Waals surface area contributed by atoms with Crippen molar-refractivity contribution in [3.8, 4) is 11.3 Å². The summed E-state index contributed by atoms with van der Waals surface area (Å²) in [6.45, 7) is 14.5. The van der Waals surface area contributed by atoms with Crippen molar-refractivity contribution in [2.45, 2.75) is 74.4 Å². The molecule has 34 heavy (non-hydrogen) atoms. The second-order valence-corrected chi connectivity index (χ2v) is 11.6. The maximum Gasteiger partial charge on any atom is 0.394 e. The molecule has 0 spiro atoms. The Morgan fingerprint density at radius 2 is 1.47 bits per heavy atom. The van der Waals surface area contributed by atoms with E-state index in [0.717, 1.165) is 47.1 Å². The van der Waals surface area contributed by atoms with Gasteiger partial charge >= 0.3 is 6.18 Å². The molecule has 0 saturated carbocycles. The monoisotopic (exact) mass is 474 g/mol. The van der Waals surface area contributed by atoms with Gasteiger partial charge in [0.15, 0.2) is 0 Å². The van der Waals surface area contributed by atoms with Crippen LogP contribution in [0.1, 0.15) is 62.4 Å². The summed E-state index contributed by atoms with van der Waals surface area (Å²) in [4.78, 5) is 0. The highest BCUT2D eigenvalue weighted by molar-refractivity contribution is 5.83. The summed E-state index contributed by atoms with van der Waals surface area (Å²) in [5, 5.41) is 0.745. The van der Waals surface area contributed by atoms with Crippen LogP contribution in [0.2, 0.25) is 0 Å². The van der Waals surface area contributed by atoms with Crippen molar-refractivity contribution >= 4 is 10.9 Å². The van der Waals surface area contributed by atoms with Gasteiger partial charge < -0.3 is 0 Å².